The second-order valence-corrected chi connectivity index (χ2v) is 7.75. The molecule has 2 bridgehead atoms. The number of amides is 1. The molecule has 0 saturated carbocycles. The molecular formula is C23H28N2O3. The topological polar surface area (TPSA) is 50.8 Å². The number of fused-ring (bicyclic) bond motifs is 2. The number of ether oxygens (including phenoxy) is 2. The van der Waals surface area contributed by atoms with Gasteiger partial charge in [-0.25, -0.2) is 0 Å². The summed E-state index contributed by atoms with van der Waals surface area (Å²) in [6, 6.07) is 17.3. The van der Waals surface area contributed by atoms with Gasteiger partial charge in [-0.2, -0.15) is 0 Å². The van der Waals surface area contributed by atoms with Gasteiger partial charge in [0.2, 0.25) is 0 Å². The van der Waals surface area contributed by atoms with Crippen LogP contribution in [-0.2, 0) is 6.54 Å². The zero-order valence-electron chi connectivity index (χ0n) is 16.6. The first kappa shape index (κ1) is 18.8. The number of nitrogens with one attached hydrogen (secondary N) is 1. The number of carbonyl (C=O) groups is 1. The monoisotopic (exact) mass is 380 g/mol. The second-order valence-electron chi connectivity index (χ2n) is 7.75. The fourth-order valence-corrected chi connectivity index (χ4v) is 4.69. The molecule has 0 aliphatic carbocycles. The van der Waals surface area contributed by atoms with E-state index in [1.165, 1.54) is 18.4 Å². The van der Waals surface area contributed by atoms with Gasteiger partial charge in [-0.15, -0.1) is 0 Å². The molecule has 0 spiro atoms. The summed E-state index contributed by atoms with van der Waals surface area (Å²) in [7, 11) is 3.18. The van der Waals surface area contributed by atoms with E-state index in [0.717, 1.165) is 19.4 Å². The van der Waals surface area contributed by atoms with Gasteiger partial charge in [0.25, 0.3) is 5.91 Å². The lowest BCUT2D eigenvalue weighted by atomic mass is 9.96. The first-order chi connectivity index (χ1) is 13.7. The SMILES string of the molecule is COc1ccc(C(=O)NC2CC3CCC(C2)N3Cc2ccccc2)c(OC)c1. The van der Waals surface area contributed by atoms with E-state index in [4.69, 9.17) is 9.47 Å². The molecule has 2 unspecified atom stereocenters. The van der Waals surface area contributed by atoms with Crippen molar-refractivity contribution in [2.45, 2.75) is 50.4 Å². The summed E-state index contributed by atoms with van der Waals surface area (Å²) in [5, 5.41) is 3.25. The van der Waals surface area contributed by atoms with Gasteiger partial charge in [0.15, 0.2) is 0 Å². The largest absolute Gasteiger partial charge is 0.497 e. The van der Waals surface area contributed by atoms with Crippen molar-refractivity contribution in [3.05, 3.63) is 59.7 Å². The number of piperidine rings is 1. The predicted molar refractivity (Wildman–Crippen MR) is 109 cm³/mol. The highest BCUT2D eigenvalue weighted by Gasteiger charge is 2.41. The molecule has 2 atom stereocenters. The summed E-state index contributed by atoms with van der Waals surface area (Å²) < 4.78 is 10.6. The summed E-state index contributed by atoms with van der Waals surface area (Å²) in [6.45, 7) is 1.00. The lowest BCUT2D eigenvalue weighted by molar-refractivity contribution is 0.0825. The molecule has 5 heteroatoms. The third-order valence-electron chi connectivity index (χ3n) is 6.08. The van der Waals surface area contributed by atoms with Gasteiger partial charge >= 0.3 is 0 Å². The van der Waals surface area contributed by atoms with Crippen molar-refractivity contribution in [2.24, 2.45) is 0 Å². The number of carbonyl (C=O) groups excluding carboxylic acids is 1. The van der Waals surface area contributed by atoms with E-state index in [9.17, 15) is 4.79 Å². The van der Waals surface area contributed by atoms with Crippen LogP contribution in [0.25, 0.3) is 0 Å². The lowest BCUT2D eigenvalue weighted by Gasteiger charge is -2.39. The maximum atomic E-state index is 12.9. The summed E-state index contributed by atoms with van der Waals surface area (Å²) in [5.41, 5.74) is 1.92. The summed E-state index contributed by atoms with van der Waals surface area (Å²) in [4.78, 5) is 15.5. The first-order valence-electron chi connectivity index (χ1n) is 10.0. The minimum atomic E-state index is -0.0691. The summed E-state index contributed by atoms with van der Waals surface area (Å²) >= 11 is 0. The molecule has 1 amide bonds. The Bertz CT molecular complexity index is 810. The van der Waals surface area contributed by atoms with Crippen LogP contribution in [0.1, 0.15) is 41.6 Å². The number of rotatable bonds is 6. The fourth-order valence-electron chi connectivity index (χ4n) is 4.69. The van der Waals surface area contributed by atoms with Crippen LogP contribution < -0.4 is 14.8 Å². The normalized spacial score (nSPS) is 24.0. The van der Waals surface area contributed by atoms with Gasteiger partial charge in [0.1, 0.15) is 11.5 Å². The maximum Gasteiger partial charge on any atom is 0.255 e. The third kappa shape index (κ3) is 3.85. The Morgan fingerprint density at radius 1 is 1.04 bits per heavy atom. The van der Waals surface area contributed by atoms with Crippen LogP contribution in [-0.4, -0.2) is 43.2 Å². The van der Waals surface area contributed by atoms with Gasteiger partial charge in [-0.05, 0) is 43.4 Å². The molecule has 2 aromatic carbocycles. The zero-order valence-corrected chi connectivity index (χ0v) is 16.6. The van der Waals surface area contributed by atoms with Gasteiger partial charge in [0.05, 0.1) is 19.8 Å². The molecular weight excluding hydrogens is 352 g/mol. The summed E-state index contributed by atoms with van der Waals surface area (Å²) in [5.74, 6) is 1.16. The van der Waals surface area contributed by atoms with Crippen molar-refractivity contribution in [3.63, 3.8) is 0 Å². The molecule has 4 rings (SSSR count). The summed E-state index contributed by atoms with van der Waals surface area (Å²) in [6.07, 6.45) is 4.45. The molecule has 2 saturated heterocycles. The van der Waals surface area contributed by atoms with Crippen molar-refractivity contribution < 1.29 is 14.3 Å². The standard InChI is InChI=1S/C23H28N2O3/c1-27-20-10-11-21(22(14-20)28-2)23(26)24-17-12-18-8-9-19(13-17)25(18)15-16-6-4-3-5-7-16/h3-7,10-11,14,17-19H,8-9,12-13,15H2,1-2H3,(H,24,26). The molecule has 1 N–H and O–H groups in total. The second kappa shape index (κ2) is 8.23. The van der Waals surface area contributed by atoms with Crippen molar-refractivity contribution >= 4 is 5.91 Å². The Morgan fingerprint density at radius 3 is 2.39 bits per heavy atom. The van der Waals surface area contributed by atoms with Crippen molar-refractivity contribution in [1.82, 2.24) is 10.2 Å². The molecule has 148 valence electrons. The average Bonchev–Trinajstić information content (AvgIpc) is 2.96. The molecule has 5 nitrogen and oxygen atoms in total. The van der Waals surface area contributed by atoms with Crippen LogP contribution in [0.15, 0.2) is 48.5 Å². The predicted octanol–water partition coefficient (Wildman–Crippen LogP) is 3.63. The van der Waals surface area contributed by atoms with Gasteiger partial charge in [0, 0.05) is 30.7 Å². The van der Waals surface area contributed by atoms with Gasteiger partial charge < -0.3 is 14.8 Å². The van der Waals surface area contributed by atoms with Gasteiger partial charge in [-0.3, -0.25) is 9.69 Å². The van der Waals surface area contributed by atoms with E-state index >= 15 is 0 Å². The van der Waals surface area contributed by atoms with E-state index in [1.807, 2.05) is 0 Å². The van der Waals surface area contributed by atoms with Crippen LogP contribution in [0.4, 0.5) is 0 Å². The number of methoxy groups -OCH3 is 2. The zero-order chi connectivity index (χ0) is 19.5. The molecule has 2 aliphatic rings. The van der Waals surface area contributed by atoms with Crippen molar-refractivity contribution in [3.8, 4) is 11.5 Å². The maximum absolute atomic E-state index is 12.9. The Morgan fingerprint density at radius 2 is 1.75 bits per heavy atom. The first-order valence-corrected chi connectivity index (χ1v) is 10.0. The number of hydrogen-bond donors (Lipinski definition) is 1. The van der Waals surface area contributed by atoms with E-state index in [2.05, 4.69) is 40.5 Å². The van der Waals surface area contributed by atoms with E-state index in [-0.39, 0.29) is 11.9 Å². The minimum absolute atomic E-state index is 0.0691. The van der Waals surface area contributed by atoms with Crippen molar-refractivity contribution in [2.75, 3.05) is 14.2 Å². The Kier molecular flexibility index (Phi) is 5.53. The van der Waals surface area contributed by atoms with Crippen LogP contribution in [0.5, 0.6) is 11.5 Å². The molecule has 2 aliphatic heterocycles. The third-order valence-corrected chi connectivity index (χ3v) is 6.08. The molecule has 2 aromatic rings. The minimum Gasteiger partial charge on any atom is -0.497 e. The van der Waals surface area contributed by atoms with Gasteiger partial charge in [-0.1, -0.05) is 30.3 Å². The highest BCUT2D eigenvalue weighted by atomic mass is 16.5. The van der Waals surface area contributed by atoms with E-state index in [1.54, 1.807) is 32.4 Å². The lowest BCUT2D eigenvalue weighted by Crippen LogP contribution is -2.50. The molecule has 0 radical (unpaired) electrons. The quantitative estimate of drug-likeness (QED) is 0.831. The number of benzene rings is 2. The Labute approximate surface area is 166 Å². The van der Waals surface area contributed by atoms with Crippen LogP contribution in [0.2, 0.25) is 0 Å². The highest BCUT2D eigenvalue weighted by Crippen LogP contribution is 2.37. The fraction of sp³-hybridized carbons (Fsp3) is 0.435. The van der Waals surface area contributed by atoms with Crippen molar-refractivity contribution in [1.29, 1.82) is 0 Å². The Hall–Kier alpha value is -2.53. The molecule has 0 aromatic heterocycles. The molecule has 2 heterocycles. The van der Waals surface area contributed by atoms with E-state index < -0.39 is 0 Å². The number of hydrogen-bond acceptors (Lipinski definition) is 4. The molecule has 2 fully saturated rings. The highest BCUT2D eigenvalue weighted by molar-refractivity contribution is 5.97. The smallest absolute Gasteiger partial charge is 0.255 e. The Balaban J connectivity index is 1.40. The number of nitrogens with zero attached hydrogens (tertiary/aromatic N) is 1. The van der Waals surface area contributed by atoms with Crippen LogP contribution >= 0.6 is 0 Å². The van der Waals surface area contributed by atoms with Crippen LogP contribution in [0, 0.1) is 0 Å². The van der Waals surface area contributed by atoms with E-state index in [0.29, 0.717) is 29.1 Å². The molecule has 28 heavy (non-hydrogen) atoms. The average molecular weight is 380 g/mol. The van der Waals surface area contributed by atoms with Crippen LogP contribution in [0.3, 0.4) is 0 Å².